The van der Waals surface area contributed by atoms with E-state index in [4.69, 9.17) is 5.73 Å². The normalized spacial score (nSPS) is 15.4. The highest BCUT2D eigenvalue weighted by molar-refractivity contribution is 5.85. The minimum atomic E-state index is -0.0129. The van der Waals surface area contributed by atoms with Gasteiger partial charge in [0.25, 0.3) is 0 Å². The van der Waals surface area contributed by atoms with Crippen LogP contribution in [-0.4, -0.2) is 28.3 Å². The molecule has 98 valence electrons. The van der Waals surface area contributed by atoms with Gasteiger partial charge in [-0.1, -0.05) is 0 Å². The van der Waals surface area contributed by atoms with Gasteiger partial charge in [-0.25, -0.2) is 0 Å². The van der Waals surface area contributed by atoms with E-state index < -0.39 is 0 Å². The van der Waals surface area contributed by atoms with Gasteiger partial charge in [0.2, 0.25) is 5.91 Å². The van der Waals surface area contributed by atoms with Crippen LogP contribution in [0.4, 0.5) is 0 Å². The Hall–Kier alpha value is -0.780. The van der Waals surface area contributed by atoms with Crippen LogP contribution in [-0.2, 0) is 11.3 Å². The van der Waals surface area contributed by atoms with Crippen LogP contribution in [0.5, 0.6) is 0 Å². The van der Waals surface area contributed by atoms with Gasteiger partial charge >= 0.3 is 0 Å². The number of nitrogens with one attached hydrogen (secondary N) is 1. The predicted molar refractivity (Wildman–Crippen MR) is 70.4 cm³/mol. The molecule has 3 N–H and O–H groups in total. The summed E-state index contributed by atoms with van der Waals surface area (Å²) in [5.74, 6) is 0.581. The molecule has 0 spiro atoms. The largest absolute Gasteiger partial charge is 0.350 e. The average molecular weight is 281 g/mol. The van der Waals surface area contributed by atoms with Crippen molar-refractivity contribution in [2.75, 3.05) is 6.54 Å². The Labute approximate surface area is 113 Å². The molecule has 0 radical (unpaired) electrons. The van der Waals surface area contributed by atoms with Crippen LogP contribution >= 0.6 is 24.8 Å². The van der Waals surface area contributed by atoms with Gasteiger partial charge < -0.3 is 11.1 Å². The molecule has 1 heterocycles. The lowest BCUT2D eigenvalue weighted by molar-refractivity contribution is -0.122. The first-order valence-corrected chi connectivity index (χ1v) is 5.26. The van der Waals surface area contributed by atoms with Crippen LogP contribution in [0.15, 0.2) is 18.5 Å². The summed E-state index contributed by atoms with van der Waals surface area (Å²) >= 11 is 0. The molecule has 1 fully saturated rings. The van der Waals surface area contributed by atoms with Crippen molar-refractivity contribution in [3.05, 3.63) is 18.5 Å². The Bertz CT molecular complexity index is 327. The second-order valence-electron chi connectivity index (χ2n) is 3.95. The molecular weight excluding hydrogens is 263 g/mol. The second kappa shape index (κ2) is 7.53. The minimum Gasteiger partial charge on any atom is -0.350 e. The number of carbonyl (C=O) groups excluding carboxylic acids is 1. The highest BCUT2D eigenvalue weighted by Crippen LogP contribution is 2.32. The van der Waals surface area contributed by atoms with Gasteiger partial charge in [0, 0.05) is 25.0 Å². The number of hydrogen-bond donors (Lipinski definition) is 2. The van der Waals surface area contributed by atoms with E-state index in [2.05, 4.69) is 10.4 Å². The summed E-state index contributed by atoms with van der Waals surface area (Å²) in [5, 5.41) is 6.92. The third kappa shape index (κ3) is 4.93. The fraction of sp³-hybridized carbons (Fsp3) is 0.600. The zero-order chi connectivity index (χ0) is 10.7. The molecule has 1 unspecified atom stereocenters. The minimum absolute atomic E-state index is 0. The molecule has 0 aliphatic heterocycles. The Balaban J connectivity index is 0.00000128. The van der Waals surface area contributed by atoms with Gasteiger partial charge in [0.05, 0.1) is 0 Å². The van der Waals surface area contributed by atoms with Crippen LogP contribution in [0.3, 0.4) is 0 Å². The summed E-state index contributed by atoms with van der Waals surface area (Å²) in [5.41, 5.74) is 5.60. The maximum atomic E-state index is 11.6. The molecule has 1 amide bonds. The summed E-state index contributed by atoms with van der Waals surface area (Å²) in [4.78, 5) is 11.6. The monoisotopic (exact) mass is 280 g/mol. The molecule has 1 atom stereocenters. The molecule has 1 aliphatic rings. The van der Waals surface area contributed by atoms with E-state index in [1.807, 2.05) is 0 Å². The average Bonchev–Trinajstić information content (AvgIpc) is 2.95. The number of carbonyl (C=O) groups is 1. The molecule has 1 aliphatic carbocycles. The summed E-state index contributed by atoms with van der Waals surface area (Å²) in [6.45, 7) is 0.797. The molecule has 0 aromatic carbocycles. The Morgan fingerprint density at radius 2 is 2.24 bits per heavy atom. The highest BCUT2D eigenvalue weighted by atomic mass is 35.5. The summed E-state index contributed by atoms with van der Waals surface area (Å²) < 4.78 is 1.61. The fourth-order valence-corrected chi connectivity index (χ4v) is 1.66. The molecule has 1 aromatic rings. The van der Waals surface area contributed by atoms with Crippen molar-refractivity contribution in [3.63, 3.8) is 0 Å². The second-order valence-corrected chi connectivity index (χ2v) is 3.95. The summed E-state index contributed by atoms with van der Waals surface area (Å²) in [6.07, 6.45) is 5.80. The van der Waals surface area contributed by atoms with Gasteiger partial charge in [-0.3, -0.25) is 9.48 Å². The van der Waals surface area contributed by atoms with Crippen LogP contribution in [0.2, 0.25) is 0 Å². The molecule has 2 rings (SSSR count). The molecule has 17 heavy (non-hydrogen) atoms. The number of amides is 1. The van der Waals surface area contributed by atoms with Crippen LogP contribution in [0, 0.1) is 5.92 Å². The first-order valence-electron chi connectivity index (χ1n) is 5.26. The van der Waals surface area contributed by atoms with E-state index in [1.54, 1.807) is 23.1 Å². The Kier molecular flexibility index (Phi) is 7.18. The van der Waals surface area contributed by atoms with E-state index >= 15 is 0 Å². The molecule has 5 nitrogen and oxygen atoms in total. The van der Waals surface area contributed by atoms with Crippen molar-refractivity contribution in [2.45, 2.75) is 25.4 Å². The summed E-state index contributed by atoms with van der Waals surface area (Å²) in [7, 11) is 0. The molecule has 1 saturated carbocycles. The zero-order valence-electron chi connectivity index (χ0n) is 9.41. The molecule has 7 heteroatoms. The lowest BCUT2D eigenvalue weighted by atomic mass is 10.2. The quantitative estimate of drug-likeness (QED) is 0.829. The predicted octanol–water partition coefficient (Wildman–Crippen LogP) is 0.580. The number of rotatable bonds is 5. The van der Waals surface area contributed by atoms with Crippen molar-refractivity contribution < 1.29 is 4.79 Å². The van der Waals surface area contributed by atoms with E-state index in [9.17, 15) is 4.79 Å². The molecule has 1 aromatic heterocycles. The fourth-order valence-electron chi connectivity index (χ4n) is 1.66. The first-order chi connectivity index (χ1) is 7.29. The lowest BCUT2D eigenvalue weighted by Gasteiger charge is -2.15. The topological polar surface area (TPSA) is 72.9 Å². The maximum Gasteiger partial charge on any atom is 0.242 e. The van der Waals surface area contributed by atoms with Crippen molar-refractivity contribution >= 4 is 30.7 Å². The van der Waals surface area contributed by atoms with Crippen molar-refractivity contribution in [3.8, 4) is 0 Å². The third-order valence-corrected chi connectivity index (χ3v) is 2.66. The lowest BCUT2D eigenvalue weighted by Crippen LogP contribution is -2.43. The maximum absolute atomic E-state index is 11.6. The van der Waals surface area contributed by atoms with Gasteiger partial charge in [-0.15, -0.1) is 24.8 Å². The van der Waals surface area contributed by atoms with E-state index in [1.165, 1.54) is 12.8 Å². The van der Waals surface area contributed by atoms with Gasteiger partial charge in [0.15, 0.2) is 0 Å². The summed E-state index contributed by atoms with van der Waals surface area (Å²) in [6, 6.07) is 1.95. The number of hydrogen-bond acceptors (Lipinski definition) is 3. The van der Waals surface area contributed by atoms with Gasteiger partial charge in [-0.2, -0.15) is 5.10 Å². The number of nitrogens with zero attached hydrogens (tertiary/aromatic N) is 2. The molecule has 0 saturated heterocycles. The number of halogens is 2. The molecule has 0 bridgehead atoms. The third-order valence-electron chi connectivity index (χ3n) is 2.66. The number of aromatic nitrogens is 2. The Morgan fingerprint density at radius 3 is 2.71 bits per heavy atom. The van der Waals surface area contributed by atoms with Crippen LogP contribution in [0.25, 0.3) is 0 Å². The zero-order valence-corrected chi connectivity index (χ0v) is 11.0. The van der Waals surface area contributed by atoms with E-state index in [0.29, 0.717) is 12.5 Å². The van der Waals surface area contributed by atoms with Gasteiger partial charge in [-0.05, 0) is 24.8 Å². The first kappa shape index (κ1) is 16.2. The Morgan fingerprint density at radius 1 is 1.53 bits per heavy atom. The number of nitrogens with two attached hydrogens (primary N) is 1. The highest BCUT2D eigenvalue weighted by Gasteiger charge is 2.31. The smallest absolute Gasteiger partial charge is 0.242 e. The molecular formula is C10H18Cl2N4O. The SMILES string of the molecule is Cl.Cl.NCC(NC(=O)Cn1cccn1)C1CC1. The standard InChI is InChI=1S/C10H16N4O.2ClH/c11-6-9(8-2-3-8)13-10(15)7-14-5-1-4-12-14;;/h1,4-5,8-9H,2-3,6-7,11H2,(H,13,15);2*1H. The van der Waals surface area contributed by atoms with E-state index in [-0.39, 0.29) is 43.3 Å². The van der Waals surface area contributed by atoms with E-state index in [0.717, 1.165) is 0 Å². The van der Waals surface area contributed by atoms with Crippen molar-refractivity contribution in [2.24, 2.45) is 11.7 Å². The van der Waals surface area contributed by atoms with Crippen molar-refractivity contribution in [1.29, 1.82) is 0 Å². The van der Waals surface area contributed by atoms with Crippen molar-refractivity contribution in [1.82, 2.24) is 15.1 Å². The van der Waals surface area contributed by atoms with Crippen LogP contribution in [0.1, 0.15) is 12.8 Å². The van der Waals surface area contributed by atoms with Gasteiger partial charge in [0.1, 0.15) is 6.54 Å². The van der Waals surface area contributed by atoms with Crippen LogP contribution < -0.4 is 11.1 Å².